The van der Waals surface area contributed by atoms with Gasteiger partial charge in [0, 0.05) is 6.61 Å². The lowest BCUT2D eigenvalue weighted by Gasteiger charge is -2.01. The van der Waals surface area contributed by atoms with Crippen molar-refractivity contribution in [3.8, 4) is 0 Å². The van der Waals surface area contributed by atoms with Gasteiger partial charge >= 0.3 is 0 Å². The average Bonchev–Trinajstić information content (AvgIpc) is 1.85. The van der Waals surface area contributed by atoms with Gasteiger partial charge in [-0.05, 0) is 6.42 Å². The van der Waals surface area contributed by atoms with Crippen LogP contribution in [0.1, 0.15) is 6.42 Å². The van der Waals surface area contributed by atoms with Gasteiger partial charge in [-0.15, -0.1) is 0 Å². The third-order valence-corrected chi connectivity index (χ3v) is 1.41. The zero-order chi connectivity index (χ0) is 8.74. The Labute approximate surface area is 67.6 Å². The molecule has 0 unspecified atom stereocenters. The minimum Gasteiger partial charge on any atom is -0.379 e. The Morgan fingerprint density at radius 3 is 2.36 bits per heavy atom. The van der Waals surface area contributed by atoms with Crippen LogP contribution < -0.4 is 0 Å². The van der Waals surface area contributed by atoms with E-state index < -0.39 is 10.1 Å². The highest BCUT2D eigenvalue weighted by Crippen LogP contribution is 1.87. The molecule has 0 rings (SSSR count). The van der Waals surface area contributed by atoms with Crippen molar-refractivity contribution in [2.75, 3.05) is 26.1 Å². The summed E-state index contributed by atoms with van der Waals surface area (Å²) in [4.78, 5) is 0. The summed E-state index contributed by atoms with van der Waals surface area (Å²) in [6.07, 6.45) is 1.69. The molecule has 0 aromatic heterocycles. The molecular formula is C6H13O4S. The first-order valence-electron chi connectivity index (χ1n) is 3.27. The van der Waals surface area contributed by atoms with E-state index in [1.807, 2.05) is 0 Å². The van der Waals surface area contributed by atoms with E-state index in [0.717, 1.165) is 6.26 Å². The van der Waals surface area contributed by atoms with Crippen LogP contribution >= 0.6 is 0 Å². The molecule has 0 aromatic carbocycles. The predicted molar refractivity (Wildman–Crippen MR) is 41.6 cm³/mol. The maximum atomic E-state index is 10.4. The lowest BCUT2D eigenvalue weighted by atomic mass is 10.5. The molecule has 0 saturated heterocycles. The lowest BCUT2D eigenvalue weighted by molar-refractivity contribution is 0.106. The van der Waals surface area contributed by atoms with Crippen LogP contribution in [0, 0.1) is 6.92 Å². The van der Waals surface area contributed by atoms with Crippen LogP contribution in [0.4, 0.5) is 0 Å². The Balaban J connectivity index is 3.16. The normalized spacial score (nSPS) is 11.8. The van der Waals surface area contributed by atoms with Gasteiger partial charge in [-0.2, -0.15) is 8.42 Å². The number of rotatable bonds is 6. The third kappa shape index (κ3) is 9.87. The van der Waals surface area contributed by atoms with E-state index in [0.29, 0.717) is 19.6 Å². The number of hydrogen-bond donors (Lipinski definition) is 0. The molecule has 4 nitrogen and oxygen atoms in total. The molecule has 0 heterocycles. The standard InChI is InChI=1S/C6H13O4S/c1-3-4-9-5-6-10-11(2,7)8/h1,3-6H2,2H3. The summed E-state index contributed by atoms with van der Waals surface area (Å²) in [6, 6.07) is 0. The highest BCUT2D eigenvalue weighted by molar-refractivity contribution is 7.85. The Morgan fingerprint density at radius 2 is 1.91 bits per heavy atom. The molecule has 0 aromatic rings. The molecule has 0 N–H and O–H groups in total. The highest BCUT2D eigenvalue weighted by atomic mass is 32.2. The second-order valence-electron chi connectivity index (χ2n) is 1.99. The lowest BCUT2D eigenvalue weighted by Crippen LogP contribution is -2.09. The Bertz CT molecular complexity index is 173. The zero-order valence-electron chi connectivity index (χ0n) is 6.58. The maximum absolute atomic E-state index is 10.4. The molecule has 0 aliphatic carbocycles. The van der Waals surface area contributed by atoms with E-state index in [-0.39, 0.29) is 6.61 Å². The number of hydrogen-bond acceptors (Lipinski definition) is 4. The first-order valence-corrected chi connectivity index (χ1v) is 5.09. The molecule has 0 bridgehead atoms. The van der Waals surface area contributed by atoms with Crippen molar-refractivity contribution in [3.63, 3.8) is 0 Å². The Morgan fingerprint density at radius 1 is 1.27 bits per heavy atom. The molecule has 0 amide bonds. The summed E-state index contributed by atoms with van der Waals surface area (Å²) in [5.41, 5.74) is 0. The number of ether oxygens (including phenoxy) is 1. The van der Waals surface area contributed by atoms with Crippen LogP contribution in [0.2, 0.25) is 0 Å². The summed E-state index contributed by atoms with van der Waals surface area (Å²) < 4.78 is 30.1. The van der Waals surface area contributed by atoms with Gasteiger partial charge in [-0.3, -0.25) is 4.18 Å². The smallest absolute Gasteiger partial charge is 0.264 e. The molecule has 67 valence electrons. The van der Waals surface area contributed by atoms with Gasteiger partial charge in [0.15, 0.2) is 0 Å². The van der Waals surface area contributed by atoms with Crippen LogP contribution in [0.3, 0.4) is 0 Å². The first-order chi connectivity index (χ1) is 5.06. The molecule has 1 radical (unpaired) electrons. The van der Waals surface area contributed by atoms with Gasteiger partial charge in [0.25, 0.3) is 10.1 Å². The molecule has 0 atom stereocenters. The van der Waals surface area contributed by atoms with E-state index in [1.165, 1.54) is 0 Å². The maximum Gasteiger partial charge on any atom is 0.264 e. The molecule has 11 heavy (non-hydrogen) atoms. The van der Waals surface area contributed by atoms with E-state index in [1.54, 1.807) is 0 Å². The van der Waals surface area contributed by atoms with Crippen molar-refractivity contribution in [1.29, 1.82) is 0 Å². The van der Waals surface area contributed by atoms with Crippen LogP contribution in [0.25, 0.3) is 0 Å². The molecule has 0 saturated carbocycles. The molecule has 0 spiro atoms. The van der Waals surface area contributed by atoms with Gasteiger partial charge in [-0.25, -0.2) is 0 Å². The summed E-state index contributed by atoms with van der Waals surface area (Å²) in [5, 5.41) is 0. The average molecular weight is 181 g/mol. The molecule has 0 aliphatic heterocycles. The van der Waals surface area contributed by atoms with Crippen LogP contribution in [0.15, 0.2) is 0 Å². The van der Waals surface area contributed by atoms with E-state index >= 15 is 0 Å². The monoisotopic (exact) mass is 181 g/mol. The highest BCUT2D eigenvalue weighted by Gasteiger charge is 1.99. The summed E-state index contributed by atoms with van der Waals surface area (Å²) in [5.74, 6) is 0. The van der Waals surface area contributed by atoms with Crippen molar-refractivity contribution in [2.24, 2.45) is 0 Å². The van der Waals surface area contributed by atoms with E-state index in [9.17, 15) is 8.42 Å². The summed E-state index contributed by atoms with van der Waals surface area (Å²) in [6.45, 7) is 4.46. The SMILES string of the molecule is [CH2]CCOCCOS(C)(=O)=O. The summed E-state index contributed by atoms with van der Waals surface area (Å²) >= 11 is 0. The third-order valence-electron chi connectivity index (χ3n) is 0.814. The van der Waals surface area contributed by atoms with Crippen molar-refractivity contribution >= 4 is 10.1 Å². The van der Waals surface area contributed by atoms with Gasteiger partial charge in [0.2, 0.25) is 0 Å². The Kier molecular flexibility index (Phi) is 5.45. The van der Waals surface area contributed by atoms with Crippen molar-refractivity contribution in [3.05, 3.63) is 6.92 Å². The fraction of sp³-hybridized carbons (Fsp3) is 0.833. The van der Waals surface area contributed by atoms with Crippen LogP contribution in [-0.4, -0.2) is 34.5 Å². The zero-order valence-corrected chi connectivity index (χ0v) is 7.39. The largest absolute Gasteiger partial charge is 0.379 e. The summed E-state index contributed by atoms with van der Waals surface area (Å²) in [7, 11) is -3.31. The van der Waals surface area contributed by atoms with Gasteiger partial charge in [-0.1, -0.05) is 6.92 Å². The first kappa shape index (κ1) is 10.9. The molecule has 5 heteroatoms. The Hall–Kier alpha value is -0.130. The van der Waals surface area contributed by atoms with Gasteiger partial charge < -0.3 is 4.74 Å². The molecule has 0 aliphatic rings. The predicted octanol–water partition coefficient (Wildman–Crippen LogP) is 0.203. The van der Waals surface area contributed by atoms with Gasteiger partial charge in [0.1, 0.15) is 0 Å². The van der Waals surface area contributed by atoms with Crippen LogP contribution in [-0.2, 0) is 19.0 Å². The topological polar surface area (TPSA) is 52.6 Å². The quantitative estimate of drug-likeness (QED) is 0.434. The fourth-order valence-electron chi connectivity index (χ4n) is 0.448. The van der Waals surface area contributed by atoms with E-state index in [4.69, 9.17) is 4.74 Å². The van der Waals surface area contributed by atoms with E-state index in [2.05, 4.69) is 11.1 Å². The van der Waals surface area contributed by atoms with Crippen molar-refractivity contribution in [1.82, 2.24) is 0 Å². The minimum absolute atomic E-state index is 0.0822. The second kappa shape index (κ2) is 5.51. The van der Waals surface area contributed by atoms with Gasteiger partial charge in [0.05, 0.1) is 19.5 Å². The fourth-order valence-corrected chi connectivity index (χ4v) is 0.819. The molecular weight excluding hydrogens is 168 g/mol. The molecule has 0 fully saturated rings. The van der Waals surface area contributed by atoms with Crippen molar-refractivity contribution < 1.29 is 17.3 Å². The van der Waals surface area contributed by atoms with Crippen LogP contribution in [0.5, 0.6) is 0 Å². The van der Waals surface area contributed by atoms with Crippen molar-refractivity contribution in [2.45, 2.75) is 6.42 Å². The second-order valence-corrected chi connectivity index (χ2v) is 3.64. The minimum atomic E-state index is -3.31.